The second-order valence-electron chi connectivity index (χ2n) is 3.56. The Balaban J connectivity index is 4.03. The highest BCUT2D eigenvalue weighted by Crippen LogP contribution is 2.16. The van der Waals surface area contributed by atoms with Gasteiger partial charge in [0.15, 0.2) is 6.17 Å². The molecule has 0 rings (SSSR count). The fraction of sp³-hybridized carbons (Fsp3) is 1.00. The molecular weight excluding hydrogens is 162 g/mol. The van der Waals surface area contributed by atoms with Crippen molar-refractivity contribution in [3.05, 3.63) is 0 Å². The van der Waals surface area contributed by atoms with E-state index in [0.717, 1.165) is 0 Å². The van der Waals surface area contributed by atoms with Crippen molar-refractivity contribution < 1.29 is 13.5 Å². The summed E-state index contributed by atoms with van der Waals surface area (Å²) in [5.74, 6) is 0.0122. The summed E-state index contributed by atoms with van der Waals surface area (Å²) in [4.78, 5) is 0. The smallest absolute Gasteiger partial charge is 0.155 e. The number of ether oxygens (including phenoxy) is 1. The van der Waals surface area contributed by atoms with E-state index in [-0.39, 0.29) is 12.0 Å². The zero-order valence-electron chi connectivity index (χ0n) is 8.18. The van der Waals surface area contributed by atoms with Gasteiger partial charge in [-0.1, -0.05) is 13.8 Å². The number of alkyl halides is 2. The van der Waals surface area contributed by atoms with Gasteiger partial charge in [0.25, 0.3) is 0 Å². The molecule has 0 fully saturated rings. The van der Waals surface area contributed by atoms with Crippen LogP contribution in [0.1, 0.15) is 27.7 Å². The molecule has 0 bridgehead atoms. The van der Waals surface area contributed by atoms with Crippen molar-refractivity contribution in [1.29, 1.82) is 0 Å². The Labute approximate surface area is 73.1 Å². The molecule has 0 spiro atoms. The number of hydrogen-bond acceptors (Lipinski definition) is 1. The van der Waals surface area contributed by atoms with Gasteiger partial charge in [-0.3, -0.25) is 0 Å². The fourth-order valence-electron chi connectivity index (χ4n) is 1.06. The molecule has 0 N–H and O–H groups in total. The molecule has 74 valence electrons. The highest BCUT2D eigenvalue weighted by atomic mass is 19.2. The van der Waals surface area contributed by atoms with Crippen molar-refractivity contribution in [3.63, 3.8) is 0 Å². The topological polar surface area (TPSA) is 9.23 Å². The lowest BCUT2D eigenvalue weighted by Gasteiger charge is -2.25. The predicted molar refractivity (Wildman–Crippen MR) is 45.7 cm³/mol. The van der Waals surface area contributed by atoms with E-state index in [1.807, 2.05) is 27.7 Å². The molecule has 0 aliphatic heterocycles. The van der Waals surface area contributed by atoms with Crippen LogP contribution in [-0.2, 0) is 4.74 Å². The molecular formula is C9H18F2O. The number of rotatable bonds is 5. The van der Waals surface area contributed by atoms with Crippen LogP contribution in [0.3, 0.4) is 0 Å². The largest absolute Gasteiger partial charge is 0.372 e. The van der Waals surface area contributed by atoms with E-state index in [1.54, 1.807) is 0 Å². The molecule has 1 nitrogen and oxygen atoms in total. The molecule has 2 unspecified atom stereocenters. The molecule has 2 atom stereocenters. The standard InChI is InChI=1S/C9H18F2O/c1-6(2)9(8(11)5-10)12-7(3)4/h6-9H,5H2,1-4H3. The molecule has 0 saturated carbocycles. The van der Waals surface area contributed by atoms with E-state index in [0.29, 0.717) is 0 Å². The van der Waals surface area contributed by atoms with Crippen LogP contribution in [0.25, 0.3) is 0 Å². The van der Waals surface area contributed by atoms with Gasteiger partial charge in [0, 0.05) is 0 Å². The highest BCUT2D eigenvalue weighted by Gasteiger charge is 2.25. The molecule has 0 aromatic carbocycles. The van der Waals surface area contributed by atoms with E-state index in [9.17, 15) is 8.78 Å². The first kappa shape index (κ1) is 11.8. The average Bonchev–Trinajstić information content (AvgIpc) is 1.98. The minimum atomic E-state index is -1.49. The Morgan fingerprint density at radius 1 is 1.17 bits per heavy atom. The first-order valence-corrected chi connectivity index (χ1v) is 4.34. The number of hydrogen-bond donors (Lipinski definition) is 0. The lowest BCUT2D eigenvalue weighted by Crippen LogP contribution is -2.34. The van der Waals surface area contributed by atoms with Gasteiger partial charge in [-0.15, -0.1) is 0 Å². The fourth-order valence-corrected chi connectivity index (χ4v) is 1.06. The maximum Gasteiger partial charge on any atom is 0.155 e. The van der Waals surface area contributed by atoms with Crippen molar-refractivity contribution in [2.75, 3.05) is 6.67 Å². The maximum atomic E-state index is 12.9. The number of halogens is 2. The molecule has 0 aromatic heterocycles. The molecule has 0 amide bonds. The minimum absolute atomic E-state index is 0.0122. The summed E-state index contributed by atoms with van der Waals surface area (Å²) >= 11 is 0. The van der Waals surface area contributed by atoms with Gasteiger partial charge in [-0.05, 0) is 19.8 Å². The van der Waals surface area contributed by atoms with E-state index in [1.165, 1.54) is 0 Å². The predicted octanol–water partition coefficient (Wildman–Crippen LogP) is 2.74. The SMILES string of the molecule is CC(C)OC(C(C)C)C(F)CF. The summed E-state index contributed by atoms with van der Waals surface area (Å²) < 4.78 is 30.1. The van der Waals surface area contributed by atoms with Crippen molar-refractivity contribution >= 4 is 0 Å². The Bertz CT molecular complexity index is 115. The Morgan fingerprint density at radius 3 is 1.92 bits per heavy atom. The van der Waals surface area contributed by atoms with Crippen LogP contribution >= 0.6 is 0 Å². The second-order valence-corrected chi connectivity index (χ2v) is 3.56. The lowest BCUT2D eigenvalue weighted by atomic mass is 10.0. The third kappa shape index (κ3) is 4.00. The molecule has 12 heavy (non-hydrogen) atoms. The van der Waals surface area contributed by atoms with Crippen molar-refractivity contribution in [2.24, 2.45) is 5.92 Å². The second kappa shape index (κ2) is 5.46. The van der Waals surface area contributed by atoms with Gasteiger partial charge in [0.2, 0.25) is 0 Å². The molecule has 0 aliphatic rings. The zero-order valence-corrected chi connectivity index (χ0v) is 8.18. The van der Waals surface area contributed by atoms with Crippen LogP contribution in [-0.4, -0.2) is 25.1 Å². The molecule has 0 heterocycles. The normalized spacial score (nSPS) is 17.0. The third-order valence-electron chi connectivity index (χ3n) is 1.59. The van der Waals surface area contributed by atoms with Crippen molar-refractivity contribution in [2.45, 2.75) is 46.1 Å². The summed E-state index contributed by atoms with van der Waals surface area (Å²) in [6, 6.07) is 0. The first-order chi connectivity index (χ1) is 5.49. The Kier molecular flexibility index (Phi) is 5.38. The van der Waals surface area contributed by atoms with Gasteiger partial charge >= 0.3 is 0 Å². The lowest BCUT2D eigenvalue weighted by molar-refractivity contribution is -0.0660. The van der Waals surface area contributed by atoms with E-state index in [2.05, 4.69) is 0 Å². The van der Waals surface area contributed by atoms with Crippen LogP contribution in [0.15, 0.2) is 0 Å². The Hall–Kier alpha value is -0.180. The molecule has 0 saturated heterocycles. The van der Waals surface area contributed by atoms with Gasteiger partial charge in [0.05, 0.1) is 12.2 Å². The third-order valence-corrected chi connectivity index (χ3v) is 1.59. The van der Waals surface area contributed by atoms with Crippen LogP contribution in [0.4, 0.5) is 8.78 Å². The van der Waals surface area contributed by atoms with Crippen molar-refractivity contribution in [3.8, 4) is 0 Å². The van der Waals surface area contributed by atoms with Gasteiger partial charge in [-0.2, -0.15) is 0 Å². The van der Waals surface area contributed by atoms with Crippen LogP contribution < -0.4 is 0 Å². The Morgan fingerprint density at radius 2 is 1.67 bits per heavy atom. The molecule has 0 aliphatic carbocycles. The maximum absolute atomic E-state index is 12.9. The summed E-state index contributed by atoms with van der Waals surface area (Å²) in [6.07, 6.45) is -2.16. The zero-order chi connectivity index (χ0) is 9.72. The van der Waals surface area contributed by atoms with Gasteiger partial charge in [0.1, 0.15) is 6.67 Å². The van der Waals surface area contributed by atoms with Crippen LogP contribution in [0.2, 0.25) is 0 Å². The molecule has 0 radical (unpaired) electrons. The summed E-state index contributed by atoms with van der Waals surface area (Å²) in [6.45, 7) is 6.33. The summed E-state index contributed by atoms with van der Waals surface area (Å²) in [5.41, 5.74) is 0. The highest BCUT2D eigenvalue weighted by molar-refractivity contribution is 4.72. The van der Waals surface area contributed by atoms with Gasteiger partial charge in [-0.25, -0.2) is 8.78 Å². The van der Waals surface area contributed by atoms with E-state index < -0.39 is 19.0 Å². The first-order valence-electron chi connectivity index (χ1n) is 4.34. The molecule has 0 aromatic rings. The van der Waals surface area contributed by atoms with Crippen LogP contribution in [0.5, 0.6) is 0 Å². The van der Waals surface area contributed by atoms with E-state index in [4.69, 9.17) is 4.74 Å². The van der Waals surface area contributed by atoms with Gasteiger partial charge < -0.3 is 4.74 Å². The van der Waals surface area contributed by atoms with Crippen LogP contribution in [0, 0.1) is 5.92 Å². The summed E-state index contributed by atoms with van der Waals surface area (Å²) in [7, 11) is 0. The average molecular weight is 180 g/mol. The monoisotopic (exact) mass is 180 g/mol. The van der Waals surface area contributed by atoms with Crippen molar-refractivity contribution in [1.82, 2.24) is 0 Å². The molecule has 3 heteroatoms. The summed E-state index contributed by atoms with van der Waals surface area (Å²) in [5, 5.41) is 0. The quantitative estimate of drug-likeness (QED) is 0.632. The van der Waals surface area contributed by atoms with E-state index >= 15 is 0 Å². The minimum Gasteiger partial charge on any atom is -0.372 e.